The normalized spacial score (nSPS) is 20.2. The van der Waals surface area contributed by atoms with Gasteiger partial charge in [0.25, 0.3) is 0 Å². The van der Waals surface area contributed by atoms with Crippen molar-refractivity contribution in [3.05, 3.63) is 0 Å². The maximum atomic E-state index is 11.5. The minimum Gasteiger partial charge on any atom is -0.467 e. The van der Waals surface area contributed by atoms with Crippen molar-refractivity contribution in [1.82, 2.24) is 10.6 Å². The minimum absolute atomic E-state index is 0. The predicted molar refractivity (Wildman–Crippen MR) is 67.1 cm³/mol. The molecule has 17 heavy (non-hydrogen) atoms. The van der Waals surface area contributed by atoms with E-state index < -0.39 is 12.0 Å². The van der Waals surface area contributed by atoms with Crippen molar-refractivity contribution >= 4 is 24.3 Å². The number of esters is 1. The molecule has 5 nitrogen and oxygen atoms in total. The summed E-state index contributed by atoms with van der Waals surface area (Å²) in [5.74, 6) is 0.111. The van der Waals surface area contributed by atoms with Crippen molar-refractivity contribution < 1.29 is 14.3 Å². The quantitative estimate of drug-likeness (QED) is 0.709. The number of rotatable bonds is 5. The summed E-state index contributed by atoms with van der Waals surface area (Å²) in [4.78, 5) is 22.6. The summed E-state index contributed by atoms with van der Waals surface area (Å²) in [5.41, 5.74) is 0. The van der Waals surface area contributed by atoms with Crippen LogP contribution in [-0.4, -0.2) is 38.1 Å². The van der Waals surface area contributed by atoms with E-state index in [2.05, 4.69) is 15.4 Å². The van der Waals surface area contributed by atoms with Crippen LogP contribution in [0.4, 0.5) is 0 Å². The lowest BCUT2D eigenvalue weighted by Gasteiger charge is -2.12. The van der Waals surface area contributed by atoms with Crippen molar-refractivity contribution in [3.8, 4) is 0 Å². The van der Waals surface area contributed by atoms with Crippen LogP contribution in [0, 0.1) is 5.92 Å². The van der Waals surface area contributed by atoms with E-state index >= 15 is 0 Å². The third-order valence-corrected chi connectivity index (χ3v) is 2.87. The molecule has 1 rings (SSSR count). The second kappa shape index (κ2) is 8.31. The van der Waals surface area contributed by atoms with E-state index in [-0.39, 0.29) is 18.3 Å². The first-order valence-electron chi connectivity index (χ1n) is 5.71. The van der Waals surface area contributed by atoms with Crippen LogP contribution in [0.3, 0.4) is 0 Å². The number of nitrogens with one attached hydrogen (secondary N) is 2. The monoisotopic (exact) mass is 264 g/mol. The average Bonchev–Trinajstić information content (AvgIpc) is 2.78. The van der Waals surface area contributed by atoms with Crippen LogP contribution in [-0.2, 0) is 14.3 Å². The largest absolute Gasteiger partial charge is 0.467 e. The molecule has 0 radical (unpaired) electrons. The third kappa shape index (κ3) is 5.89. The highest BCUT2D eigenvalue weighted by Crippen LogP contribution is 2.13. The highest BCUT2D eigenvalue weighted by atomic mass is 35.5. The van der Waals surface area contributed by atoms with Crippen molar-refractivity contribution in [2.45, 2.75) is 32.2 Å². The fraction of sp³-hybridized carbons (Fsp3) is 0.818. The molecule has 0 aromatic heterocycles. The van der Waals surface area contributed by atoms with Gasteiger partial charge in [-0.15, -0.1) is 12.4 Å². The Balaban J connectivity index is 0.00000256. The molecule has 0 aliphatic carbocycles. The molecule has 2 atom stereocenters. The molecule has 0 saturated carbocycles. The molecular weight excluding hydrogens is 244 g/mol. The summed E-state index contributed by atoms with van der Waals surface area (Å²) in [7, 11) is 1.31. The number of hydrogen-bond donors (Lipinski definition) is 2. The molecular formula is C11H21ClN2O3. The van der Waals surface area contributed by atoms with Gasteiger partial charge in [-0.2, -0.15) is 0 Å². The van der Waals surface area contributed by atoms with Crippen LogP contribution < -0.4 is 10.6 Å². The summed E-state index contributed by atoms with van der Waals surface area (Å²) in [5, 5.41) is 5.88. The molecule has 1 heterocycles. The first-order chi connectivity index (χ1) is 7.63. The van der Waals surface area contributed by atoms with Crippen LogP contribution in [0.25, 0.3) is 0 Å². The smallest absolute Gasteiger partial charge is 0.328 e. The van der Waals surface area contributed by atoms with Gasteiger partial charge in [-0.3, -0.25) is 4.79 Å². The molecule has 1 unspecified atom stereocenters. The maximum absolute atomic E-state index is 11.5. The van der Waals surface area contributed by atoms with E-state index in [0.717, 1.165) is 25.9 Å². The number of halogens is 1. The van der Waals surface area contributed by atoms with Gasteiger partial charge < -0.3 is 15.4 Å². The first kappa shape index (κ1) is 16.2. The van der Waals surface area contributed by atoms with Crippen LogP contribution in [0.15, 0.2) is 0 Å². The summed E-state index contributed by atoms with van der Waals surface area (Å²) < 4.78 is 4.53. The fourth-order valence-corrected chi connectivity index (χ4v) is 1.85. The zero-order valence-corrected chi connectivity index (χ0v) is 11.1. The molecule has 2 N–H and O–H groups in total. The summed E-state index contributed by atoms with van der Waals surface area (Å²) in [6, 6.07) is -0.556. The van der Waals surface area contributed by atoms with E-state index in [4.69, 9.17) is 0 Å². The van der Waals surface area contributed by atoms with E-state index in [1.54, 1.807) is 6.92 Å². The molecule has 0 aromatic carbocycles. The summed E-state index contributed by atoms with van der Waals surface area (Å²) in [6.07, 6.45) is 2.50. The Labute approximate surface area is 108 Å². The van der Waals surface area contributed by atoms with Gasteiger partial charge in [0.15, 0.2) is 0 Å². The Morgan fingerprint density at radius 2 is 2.24 bits per heavy atom. The standard InChI is InChI=1S/C11H20N2O3.ClH/c1-8(11(15)16-2)13-10(14)4-3-9-5-6-12-7-9;/h8-9,12H,3-7H2,1-2H3,(H,13,14);1H/t8-,9?;/m0./s1. The molecule has 0 aromatic rings. The van der Waals surface area contributed by atoms with Crippen molar-refractivity contribution in [1.29, 1.82) is 0 Å². The first-order valence-corrected chi connectivity index (χ1v) is 5.71. The van der Waals surface area contributed by atoms with E-state index in [1.165, 1.54) is 7.11 Å². The summed E-state index contributed by atoms with van der Waals surface area (Å²) in [6.45, 7) is 3.67. The zero-order valence-electron chi connectivity index (χ0n) is 10.3. The lowest BCUT2D eigenvalue weighted by molar-refractivity contribution is -0.144. The molecule has 0 bridgehead atoms. The van der Waals surface area contributed by atoms with Gasteiger partial charge in [-0.25, -0.2) is 4.79 Å². The number of carbonyl (C=O) groups excluding carboxylic acids is 2. The van der Waals surface area contributed by atoms with Gasteiger partial charge >= 0.3 is 5.97 Å². The van der Waals surface area contributed by atoms with E-state index in [0.29, 0.717) is 12.3 Å². The zero-order chi connectivity index (χ0) is 12.0. The SMILES string of the molecule is COC(=O)[C@H](C)NC(=O)CCC1CCNC1.Cl. The predicted octanol–water partition coefficient (Wildman–Crippen LogP) is 0.476. The Kier molecular flexibility index (Phi) is 7.91. The van der Waals surface area contributed by atoms with Gasteiger partial charge in [-0.05, 0) is 38.8 Å². The number of carbonyl (C=O) groups is 2. The molecule has 100 valence electrons. The van der Waals surface area contributed by atoms with Crippen LogP contribution in [0.2, 0.25) is 0 Å². The molecule has 1 saturated heterocycles. The number of methoxy groups -OCH3 is 1. The lowest BCUT2D eigenvalue weighted by Crippen LogP contribution is -2.39. The highest BCUT2D eigenvalue weighted by molar-refractivity contribution is 5.85. The lowest BCUT2D eigenvalue weighted by atomic mass is 10.0. The Morgan fingerprint density at radius 1 is 1.53 bits per heavy atom. The van der Waals surface area contributed by atoms with Gasteiger partial charge in [0, 0.05) is 6.42 Å². The number of hydrogen-bond acceptors (Lipinski definition) is 4. The Bertz CT molecular complexity index is 255. The molecule has 0 spiro atoms. The molecule has 6 heteroatoms. The van der Waals surface area contributed by atoms with Gasteiger partial charge in [0.2, 0.25) is 5.91 Å². The van der Waals surface area contributed by atoms with Crippen LogP contribution in [0.5, 0.6) is 0 Å². The topological polar surface area (TPSA) is 67.4 Å². The van der Waals surface area contributed by atoms with Crippen molar-refractivity contribution in [2.24, 2.45) is 5.92 Å². The molecule has 1 fully saturated rings. The second-order valence-corrected chi connectivity index (χ2v) is 4.21. The molecule has 1 aliphatic rings. The van der Waals surface area contributed by atoms with Gasteiger partial charge in [0.05, 0.1) is 7.11 Å². The van der Waals surface area contributed by atoms with Crippen molar-refractivity contribution in [2.75, 3.05) is 20.2 Å². The molecule has 1 aliphatic heterocycles. The Hall–Kier alpha value is -0.810. The Morgan fingerprint density at radius 3 is 2.76 bits per heavy atom. The highest BCUT2D eigenvalue weighted by Gasteiger charge is 2.18. The van der Waals surface area contributed by atoms with E-state index in [1.807, 2.05) is 0 Å². The summed E-state index contributed by atoms with van der Waals surface area (Å²) >= 11 is 0. The molecule has 1 amide bonds. The fourth-order valence-electron chi connectivity index (χ4n) is 1.85. The minimum atomic E-state index is -0.556. The van der Waals surface area contributed by atoms with Crippen LogP contribution >= 0.6 is 12.4 Å². The number of ether oxygens (including phenoxy) is 1. The van der Waals surface area contributed by atoms with E-state index in [9.17, 15) is 9.59 Å². The number of amides is 1. The van der Waals surface area contributed by atoms with Gasteiger partial charge in [-0.1, -0.05) is 0 Å². The second-order valence-electron chi connectivity index (χ2n) is 4.21. The third-order valence-electron chi connectivity index (χ3n) is 2.87. The maximum Gasteiger partial charge on any atom is 0.328 e. The van der Waals surface area contributed by atoms with Crippen LogP contribution in [0.1, 0.15) is 26.2 Å². The van der Waals surface area contributed by atoms with Gasteiger partial charge in [0.1, 0.15) is 6.04 Å². The van der Waals surface area contributed by atoms with Crippen molar-refractivity contribution in [3.63, 3.8) is 0 Å². The average molecular weight is 265 g/mol.